The molecular formula is C73H109N11O16. The van der Waals surface area contributed by atoms with Crippen molar-refractivity contribution in [2.24, 2.45) is 35.3 Å². The summed E-state index contributed by atoms with van der Waals surface area (Å²) in [6, 6.07) is -2.23. The number of anilines is 2. The van der Waals surface area contributed by atoms with Crippen molar-refractivity contribution in [1.29, 1.82) is 0 Å². The van der Waals surface area contributed by atoms with E-state index in [9.17, 15) is 48.9 Å². The van der Waals surface area contributed by atoms with E-state index in [0.29, 0.717) is 87.6 Å². The van der Waals surface area contributed by atoms with Gasteiger partial charge in [0.2, 0.25) is 17.7 Å². The Labute approximate surface area is 588 Å². The van der Waals surface area contributed by atoms with E-state index in [1.807, 2.05) is 44.2 Å². The lowest BCUT2D eigenvalue weighted by atomic mass is 9.80. The fraction of sp³-hybridized carbons (Fsp3) is 0.685. The summed E-state index contributed by atoms with van der Waals surface area (Å²) in [5.74, 6) is -8.02. The molecule has 2 bridgehead atoms. The van der Waals surface area contributed by atoms with Gasteiger partial charge in [0.1, 0.15) is 36.2 Å². The molecule has 7 heterocycles. The summed E-state index contributed by atoms with van der Waals surface area (Å²) < 4.78 is 36.2. The summed E-state index contributed by atoms with van der Waals surface area (Å²) in [5.41, 5.74) is 9.24. The molecule has 8 rings (SSSR count). The lowest BCUT2D eigenvalue weighted by Crippen LogP contribution is -2.61. The van der Waals surface area contributed by atoms with E-state index in [1.54, 1.807) is 52.7 Å². The molecule has 0 radical (unpaired) electrons. The number of hydrogen-bond acceptors (Lipinski definition) is 25. The first kappa shape index (κ1) is 78.9. The number of aromatic nitrogens is 4. The zero-order chi connectivity index (χ0) is 72.2. The summed E-state index contributed by atoms with van der Waals surface area (Å²) >= 11 is 0. The Hall–Kier alpha value is -6.79. The molecule has 27 heteroatoms. The summed E-state index contributed by atoms with van der Waals surface area (Å²) in [4.78, 5) is 125. The number of carbonyl (C=O) groups excluding carboxylic acids is 7. The number of cyclic esters (lactones) is 1. The first-order valence-electron chi connectivity index (χ1n) is 35.9. The van der Waals surface area contributed by atoms with Crippen molar-refractivity contribution in [3.05, 3.63) is 83.5 Å². The lowest BCUT2D eigenvalue weighted by molar-refractivity contribution is -0.265. The highest BCUT2D eigenvalue weighted by Crippen LogP contribution is 2.38. The molecule has 4 saturated heterocycles. The molecule has 2 aromatic heterocycles. The minimum Gasteiger partial charge on any atom is -0.459 e. The number of nitrogens with two attached hydrogens (primary N) is 1. The Balaban J connectivity index is 0.839. The Bertz CT molecular complexity index is 3170. The van der Waals surface area contributed by atoms with Crippen LogP contribution in [0.15, 0.2) is 72.4 Å². The van der Waals surface area contributed by atoms with Crippen LogP contribution in [-0.4, -0.2) is 251 Å². The number of alkyl carbamates (subject to hydrolysis) is 1. The molecule has 15 atom stereocenters. The maximum atomic E-state index is 14.7. The number of nitrogens with zero attached hydrogens (tertiary/aromatic N) is 9. The highest BCUT2D eigenvalue weighted by Gasteiger charge is 2.53. The minimum absolute atomic E-state index is 0.00559. The van der Waals surface area contributed by atoms with Crippen LogP contribution >= 0.6 is 0 Å². The van der Waals surface area contributed by atoms with Crippen molar-refractivity contribution >= 4 is 53.0 Å². The number of ketones is 4. The van der Waals surface area contributed by atoms with Crippen LogP contribution < -0.4 is 20.9 Å². The number of piperazine rings is 2. The van der Waals surface area contributed by atoms with Crippen molar-refractivity contribution in [1.82, 2.24) is 40.0 Å². The number of piperidine rings is 1. The number of nitrogens with one attached hydrogen (secondary N) is 1. The highest BCUT2D eigenvalue weighted by atomic mass is 16.6. The van der Waals surface area contributed by atoms with Crippen LogP contribution in [0, 0.1) is 29.6 Å². The molecule has 5 aliphatic heterocycles. The number of carbonyl (C=O) groups is 7. The van der Waals surface area contributed by atoms with E-state index in [1.165, 1.54) is 27.0 Å². The second-order valence-electron chi connectivity index (χ2n) is 28.3. The first-order chi connectivity index (χ1) is 47.8. The Morgan fingerprint density at radius 3 is 2.00 bits per heavy atom. The Kier molecular flexibility index (Phi) is 29.9. The van der Waals surface area contributed by atoms with Gasteiger partial charge in [-0.2, -0.15) is 0 Å². The number of fused-ring (bicyclic) bond motifs is 3. The van der Waals surface area contributed by atoms with Crippen molar-refractivity contribution in [2.45, 2.75) is 193 Å². The molecule has 6 N–H and O–H groups in total. The maximum Gasteiger partial charge on any atom is 0.407 e. The third-order valence-electron chi connectivity index (χ3n) is 20.8. The monoisotopic (exact) mass is 1400 g/mol. The Morgan fingerprint density at radius 1 is 0.740 bits per heavy atom. The first-order valence-corrected chi connectivity index (χ1v) is 35.9. The van der Waals surface area contributed by atoms with Gasteiger partial charge in [0.05, 0.1) is 37.1 Å². The molecule has 5 fully saturated rings. The number of methoxy groups -OCH3 is 2. The molecular weight excluding hydrogens is 1290 g/mol. The fourth-order valence-electron chi connectivity index (χ4n) is 14.2. The van der Waals surface area contributed by atoms with Crippen molar-refractivity contribution in [3.8, 4) is 0 Å². The number of esters is 1. The van der Waals surface area contributed by atoms with Gasteiger partial charge in [0, 0.05) is 160 Å². The molecule has 6 aliphatic rings. The normalized spacial score (nSPS) is 31.7. The number of allylic oxidation sites excluding steroid dienone is 6. The van der Waals surface area contributed by atoms with Gasteiger partial charge in [-0.25, -0.2) is 29.5 Å². The molecule has 2 amide bonds. The van der Waals surface area contributed by atoms with Gasteiger partial charge in [-0.05, 0) is 108 Å². The van der Waals surface area contributed by atoms with Crippen LogP contribution in [0.25, 0.3) is 0 Å². The van der Waals surface area contributed by atoms with Crippen molar-refractivity contribution in [2.75, 3.05) is 109 Å². The van der Waals surface area contributed by atoms with E-state index in [-0.39, 0.29) is 55.5 Å². The predicted molar refractivity (Wildman–Crippen MR) is 372 cm³/mol. The summed E-state index contributed by atoms with van der Waals surface area (Å²) in [6.45, 7) is 21.4. The molecule has 100 heavy (non-hydrogen) atoms. The van der Waals surface area contributed by atoms with Gasteiger partial charge >= 0.3 is 12.1 Å². The van der Waals surface area contributed by atoms with Crippen LogP contribution in [0.3, 0.4) is 0 Å². The van der Waals surface area contributed by atoms with Gasteiger partial charge in [-0.3, -0.25) is 33.8 Å². The van der Waals surface area contributed by atoms with Crippen LogP contribution in [0.5, 0.6) is 0 Å². The van der Waals surface area contributed by atoms with Gasteiger partial charge in [-0.15, -0.1) is 0 Å². The summed E-state index contributed by atoms with van der Waals surface area (Å²) in [7, 11) is 3.08. The lowest BCUT2D eigenvalue weighted by Gasteiger charge is -2.42. The smallest absolute Gasteiger partial charge is 0.407 e. The largest absolute Gasteiger partial charge is 0.459 e. The number of rotatable bonds is 17. The van der Waals surface area contributed by atoms with Crippen LogP contribution in [-0.2, 0) is 58.9 Å². The third kappa shape index (κ3) is 21.9. The Morgan fingerprint density at radius 2 is 1.38 bits per heavy atom. The van der Waals surface area contributed by atoms with E-state index < -0.39 is 120 Å². The van der Waals surface area contributed by atoms with E-state index >= 15 is 0 Å². The molecule has 27 nitrogen and oxygen atoms in total. The average Bonchev–Trinajstić information content (AvgIpc) is 0.775. The van der Waals surface area contributed by atoms with Crippen LogP contribution in [0.4, 0.5) is 16.7 Å². The molecule has 1 saturated carbocycles. The number of hydrogen-bond donors (Lipinski definition) is 5. The third-order valence-corrected chi connectivity index (χ3v) is 20.8. The number of ether oxygens (including phenoxy) is 6. The standard InChI is InChI=1S/C73H109N11O16/c1-46-15-11-10-12-16-47(2)61(95-8)39-56-20-18-51(6)73(94,100-56)67(90)68(91)84-22-14-13-17-58(84)69(92)98-62(40-59(86)48(3)36-50(5)65(88)66(89)64(87)49(4)35-46)57(74)37-53-19-21-60(63(38-53)96-9)99-72(93)79-43-54-41-75-70(76-42-54)82-27-23-80(24-28-82)31-33-97-34-32-81-25-29-83(30-26-81)71-77-44-55(45-78-71)52(7)85/h10-12,15-16,36,41-42,44-46,48-49,51,53,56-58,60-63,65-66,88-89,94H,13-14,17-35,37-40,43,74H2,1-9H3,(H,79,93)/b12-10?,15-11+,47-16?,50-36+/t46-,48-,49-,51-,53+,56+,57-,58+,60-,61+,62+,63-,65-,66+,73-/m1/s1. The molecule has 1 aliphatic carbocycles. The maximum absolute atomic E-state index is 14.7. The highest BCUT2D eigenvalue weighted by molar-refractivity contribution is 6.39. The summed E-state index contributed by atoms with van der Waals surface area (Å²) in [6.07, 6.45) is 13.5. The quantitative estimate of drug-likeness (QED) is 0.0462. The van der Waals surface area contributed by atoms with Crippen molar-refractivity contribution in [3.63, 3.8) is 0 Å². The molecule has 0 aromatic carbocycles. The van der Waals surface area contributed by atoms with Gasteiger partial charge in [-0.1, -0.05) is 64.2 Å². The minimum atomic E-state index is -2.50. The summed E-state index contributed by atoms with van der Waals surface area (Å²) in [5, 5.41) is 37.4. The second kappa shape index (κ2) is 37.9. The topological polar surface area (TPSA) is 341 Å². The van der Waals surface area contributed by atoms with Gasteiger partial charge in [0.25, 0.3) is 11.7 Å². The average molecular weight is 1400 g/mol. The fourth-order valence-corrected chi connectivity index (χ4v) is 14.2. The van der Waals surface area contributed by atoms with Gasteiger partial charge < -0.3 is 69.5 Å². The SMILES string of the molecule is CO[C@H]1C[C@@H]2CC[C@@H](C)[C@@](O)(O2)C(=O)C(=O)N2CCCC[C@H]2C(=O)O[C@H]([C@H](N)C[C@@H]2CC[C@@H](OC(=O)NCc3cnc(N4CCN(CCOCCN5CCN(c6ncc(C(C)=O)cn6)CC5)CC4)nc3)[C@H](OC)C2)CC(=O)[C@H](C)/C=C(\C)[C@@H](O)[C@@H](O)C(=O)[C@H](C)C[C@H](C)/C=C/C=CC=C1C. The zero-order valence-corrected chi connectivity index (χ0v) is 60.0. The number of Topliss-reactive ketones (excluding diaryl/α,β-unsaturated/α-hetero) is 4. The van der Waals surface area contributed by atoms with Gasteiger partial charge in [0.15, 0.2) is 11.6 Å². The van der Waals surface area contributed by atoms with Crippen LogP contribution in [0.2, 0.25) is 0 Å². The second-order valence-corrected chi connectivity index (χ2v) is 28.3. The predicted octanol–water partition coefficient (Wildman–Crippen LogP) is 4.90. The number of amides is 2. The van der Waals surface area contributed by atoms with E-state index in [2.05, 4.69) is 44.9 Å². The van der Waals surface area contributed by atoms with Crippen LogP contribution in [0.1, 0.15) is 141 Å². The number of aliphatic hydroxyl groups excluding tert-OH is 2. The molecule has 2 aromatic rings. The van der Waals surface area contributed by atoms with Crippen molar-refractivity contribution < 1.29 is 77.3 Å². The van der Waals surface area contributed by atoms with E-state index in [0.717, 1.165) is 75.9 Å². The zero-order valence-electron chi connectivity index (χ0n) is 60.0. The molecule has 0 unspecified atom stereocenters. The van der Waals surface area contributed by atoms with E-state index in [4.69, 9.17) is 34.2 Å². The molecule has 0 spiro atoms. The molecule has 552 valence electrons. The number of aliphatic hydroxyl groups is 3.